The monoisotopic (exact) mass is 843 g/mol. The molecule has 23 heteroatoms. The topological polar surface area (TPSA) is 253 Å². The number of halogens is 1. The van der Waals surface area contributed by atoms with Crippen LogP contribution in [0.4, 0.5) is 0 Å². The molecule has 0 N–H and O–H groups in total. The van der Waals surface area contributed by atoms with Crippen LogP contribution in [0.3, 0.4) is 0 Å². The van der Waals surface area contributed by atoms with Gasteiger partial charge in [0.2, 0.25) is 13.2 Å². The summed E-state index contributed by atoms with van der Waals surface area (Å²) in [5.74, 6) is -2.37. The van der Waals surface area contributed by atoms with Crippen molar-refractivity contribution in [3.8, 4) is 0 Å². The van der Waals surface area contributed by atoms with Gasteiger partial charge in [0.15, 0.2) is 11.4 Å². The maximum Gasteiger partial charge on any atom is 1.00 e. The fourth-order valence-electron chi connectivity index (χ4n) is 2.45. The van der Waals surface area contributed by atoms with Crippen molar-refractivity contribution in [1.82, 2.24) is 14.8 Å². The number of carbonyl (C=O) groups excluding carboxylic acids is 5. The van der Waals surface area contributed by atoms with Gasteiger partial charge in [-0.3, -0.25) is 9.79 Å². The van der Waals surface area contributed by atoms with Crippen molar-refractivity contribution >= 4 is 70.3 Å². The maximum atomic E-state index is 11.8. The third kappa shape index (κ3) is 36.6. The Balaban J connectivity index is -0.000000220. The summed E-state index contributed by atoms with van der Waals surface area (Å²) in [6.45, 7) is 14.1. The minimum atomic E-state index is -0.651. The average molecular weight is 845 g/mol. The summed E-state index contributed by atoms with van der Waals surface area (Å²) in [6, 6.07) is 0. The van der Waals surface area contributed by atoms with Crippen molar-refractivity contribution in [1.29, 1.82) is 0 Å². The molecular formula is C28H44BrK2N7O13. The van der Waals surface area contributed by atoms with E-state index in [1.807, 2.05) is 0 Å². The van der Waals surface area contributed by atoms with Crippen molar-refractivity contribution in [2.45, 2.75) is 73.1 Å². The molecule has 0 saturated carbocycles. The van der Waals surface area contributed by atoms with Crippen molar-refractivity contribution in [2.24, 2.45) is 20.3 Å². The Labute approximate surface area is 391 Å². The fourth-order valence-corrected chi connectivity index (χ4v) is 2.78. The van der Waals surface area contributed by atoms with Crippen LogP contribution in [0.15, 0.2) is 33.0 Å². The van der Waals surface area contributed by atoms with Gasteiger partial charge in [0.25, 0.3) is 6.47 Å². The Morgan fingerprint density at radius 2 is 1.37 bits per heavy atom. The van der Waals surface area contributed by atoms with E-state index in [1.165, 1.54) is 17.3 Å². The van der Waals surface area contributed by atoms with Crippen LogP contribution in [-0.4, -0.2) is 119 Å². The minimum absolute atomic E-state index is 0. The van der Waals surface area contributed by atoms with Gasteiger partial charge in [-0.1, -0.05) is 26.2 Å². The number of hydrogen-bond acceptors (Lipinski definition) is 19. The Kier molecular flexibility index (Phi) is 37.8. The van der Waals surface area contributed by atoms with E-state index in [9.17, 15) is 19.2 Å². The van der Waals surface area contributed by atoms with Crippen molar-refractivity contribution in [3.63, 3.8) is 0 Å². The Bertz CT molecular complexity index is 1250. The normalized spacial score (nSPS) is 11.5. The SMILES string of the molecule is C1=NC=NC1.CCOC(=O)/C(CBr)=N\OCC(=O)OC(C)(C)C.CCOC(=O)/C(Cn1cncn1)=N\OCC(=O)OC(C)(C)C.O=CO[O-].[H-].[K+].[K+]. The number of hydrogen-bond donors (Lipinski definition) is 0. The third-order valence-electron chi connectivity index (χ3n) is 3.96. The first-order valence-corrected chi connectivity index (χ1v) is 15.4. The second-order valence-corrected chi connectivity index (χ2v) is 11.0. The maximum absolute atomic E-state index is 11.8. The van der Waals surface area contributed by atoms with Gasteiger partial charge in [0.05, 0.1) is 31.6 Å². The molecule has 1 aliphatic heterocycles. The average Bonchev–Trinajstić information content (AvgIpc) is 3.76. The number of carbonyl (C=O) groups is 5. The van der Waals surface area contributed by atoms with Crippen LogP contribution in [0.25, 0.3) is 0 Å². The summed E-state index contributed by atoms with van der Waals surface area (Å²) < 4.78 is 21.0. The number of aliphatic imine (C=N–C) groups is 2. The van der Waals surface area contributed by atoms with Crippen molar-refractivity contribution in [3.05, 3.63) is 12.7 Å². The summed E-state index contributed by atoms with van der Waals surface area (Å²) in [5.41, 5.74) is -1.17. The zero-order chi connectivity index (χ0) is 37.7. The van der Waals surface area contributed by atoms with Crippen LogP contribution < -0.4 is 108 Å². The standard InChI is InChI=1S/C13H20N4O5.C11H18BrNO5.C3H4N2.CH2O3.2K.H/c1-5-20-12(19)10(6-17-9-14-8-15-17)16-21-7-11(18)22-13(2,3)4;1-5-16-10(15)8(6-12)13-17-7-9(14)18-11(2,3)4;1-2-5-3-4-1;2-1-4-3;;;/h8-9H,5-7H2,1-4H3;5-7H2,1-4H3;1,3H,2H2;1,3H;;;/q;;;;2*+1;-1/p-1/b16-10-;13-8-;;;;;. The van der Waals surface area contributed by atoms with E-state index in [0.717, 1.165) is 6.54 Å². The van der Waals surface area contributed by atoms with E-state index in [0.29, 0.717) is 0 Å². The van der Waals surface area contributed by atoms with Crippen molar-refractivity contribution < 1.29 is 167 Å². The summed E-state index contributed by atoms with van der Waals surface area (Å²) in [4.78, 5) is 77.9. The molecule has 0 atom stereocenters. The van der Waals surface area contributed by atoms with E-state index in [4.69, 9.17) is 38.7 Å². The Morgan fingerprint density at radius 1 is 0.902 bits per heavy atom. The number of alkyl halides is 1. The molecule has 20 nitrogen and oxygen atoms in total. The van der Waals surface area contributed by atoms with E-state index in [2.05, 4.69) is 51.2 Å². The first-order chi connectivity index (χ1) is 23.0. The number of oxime groups is 2. The molecule has 0 radical (unpaired) electrons. The molecule has 0 unspecified atom stereocenters. The van der Waals surface area contributed by atoms with Crippen molar-refractivity contribution in [2.75, 3.05) is 38.3 Å². The quantitative estimate of drug-likeness (QED) is 0.0248. The van der Waals surface area contributed by atoms with Crippen LogP contribution >= 0.6 is 15.9 Å². The molecule has 51 heavy (non-hydrogen) atoms. The summed E-state index contributed by atoms with van der Waals surface area (Å²) >= 11 is 3.07. The van der Waals surface area contributed by atoms with Gasteiger partial charge in [0.1, 0.15) is 30.2 Å². The van der Waals surface area contributed by atoms with Gasteiger partial charge in [-0.25, -0.2) is 33.8 Å². The molecule has 1 aliphatic rings. The van der Waals surface area contributed by atoms with E-state index in [-0.39, 0.29) is 154 Å². The third-order valence-corrected chi connectivity index (χ3v) is 4.49. The first-order valence-electron chi connectivity index (χ1n) is 14.3. The van der Waals surface area contributed by atoms with Crippen LogP contribution in [0.1, 0.15) is 56.8 Å². The zero-order valence-corrected chi connectivity index (χ0v) is 38.5. The van der Waals surface area contributed by atoms with Gasteiger partial charge in [-0.05, 0) is 55.4 Å². The Hall–Kier alpha value is -1.52. The zero-order valence-electron chi connectivity index (χ0n) is 31.7. The molecule has 0 bridgehead atoms. The molecule has 0 spiro atoms. The van der Waals surface area contributed by atoms with Gasteiger partial charge >= 0.3 is 127 Å². The summed E-state index contributed by atoms with van der Waals surface area (Å²) in [7, 11) is 0. The van der Waals surface area contributed by atoms with E-state index in [1.54, 1.807) is 67.9 Å². The molecule has 1 aromatic heterocycles. The van der Waals surface area contributed by atoms with Gasteiger partial charge in [0, 0.05) is 6.21 Å². The fraction of sp³-hybridized carbons (Fsp3) is 0.607. The van der Waals surface area contributed by atoms with E-state index >= 15 is 0 Å². The largest absolute Gasteiger partial charge is 1.00 e. The second-order valence-electron chi connectivity index (χ2n) is 10.5. The molecule has 0 amide bonds. The molecule has 2 heterocycles. The molecule has 0 aliphatic carbocycles. The second kappa shape index (κ2) is 34.3. The van der Waals surface area contributed by atoms with Crippen LogP contribution in [0.2, 0.25) is 0 Å². The van der Waals surface area contributed by atoms with E-state index < -0.39 is 41.7 Å². The van der Waals surface area contributed by atoms with Crippen LogP contribution in [0.5, 0.6) is 0 Å². The predicted molar refractivity (Wildman–Crippen MR) is 176 cm³/mol. The summed E-state index contributed by atoms with van der Waals surface area (Å²) in [5, 5.41) is 19.6. The van der Waals surface area contributed by atoms with Crippen LogP contribution in [-0.2, 0) is 64.0 Å². The molecule has 278 valence electrons. The number of esters is 4. The number of aromatic nitrogens is 3. The van der Waals surface area contributed by atoms with Gasteiger partial charge < -0.3 is 40.2 Å². The molecular weight excluding hydrogens is 800 g/mol. The van der Waals surface area contributed by atoms with Gasteiger partial charge in [-0.15, -0.1) is 0 Å². The summed E-state index contributed by atoms with van der Waals surface area (Å²) in [6.07, 6.45) is 6.06. The predicted octanol–water partition coefficient (Wildman–Crippen LogP) is -5.13. The number of nitrogens with zero attached hydrogens (tertiary/aromatic N) is 7. The molecule has 1 aromatic rings. The minimum Gasteiger partial charge on any atom is -1.00 e. The first kappa shape index (κ1) is 56.2. The number of rotatable bonds is 14. The molecule has 0 saturated heterocycles. The molecule has 0 fully saturated rings. The molecule has 2 rings (SSSR count). The smallest absolute Gasteiger partial charge is 1.00 e. The molecule has 0 aromatic carbocycles. The van der Waals surface area contributed by atoms with Crippen LogP contribution in [0, 0.1) is 0 Å². The Morgan fingerprint density at radius 3 is 1.69 bits per heavy atom. The van der Waals surface area contributed by atoms with Gasteiger partial charge in [-0.2, -0.15) is 5.10 Å². The number of ether oxygens (including phenoxy) is 4.